The quantitative estimate of drug-likeness (QED) is 0.318. The highest BCUT2D eigenvalue weighted by atomic mass is 16.5. The summed E-state index contributed by atoms with van der Waals surface area (Å²) in [6.07, 6.45) is 3.27. The summed E-state index contributed by atoms with van der Waals surface area (Å²) in [4.78, 5) is 0. The van der Waals surface area contributed by atoms with Crippen LogP contribution in [0, 0.1) is 0 Å². The molecule has 0 atom stereocenters. The SMILES string of the molecule is CCOCCOCCOCCCCc1c2ccccc2cc2ccccc12. The fourth-order valence-corrected chi connectivity index (χ4v) is 3.47. The highest BCUT2D eigenvalue weighted by Crippen LogP contribution is 2.29. The van der Waals surface area contributed by atoms with E-state index in [0.717, 1.165) is 32.5 Å². The fraction of sp³-hybridized carbons (Fsp3) is 0.417. The second kappa shape index (κ2) is 11.0. The third-order valence-corrected chi connectivity index (χ3v) is 4.80. The molecule has 0 aliphatic carbocycles. The number of fused-ring (bicyclic) bond motifs is 2. The fourth-order valence-electron chi connectivity index (χ4n) is 3.47. The van der Waals surface area contributed by atoms with Crippen LogP contribution in [0.3, 0.4) is 0 Å². The number of hydrogen-bond donors (Lipinski definition) is 0. The highest BCUT2D eigenvalue weighted by molar-refractivity contribution is 6.02. The zero-order valence-corrected chi connectivity index (χ0v) is 16.3. The van der Waals surface area contributed by atoms with Crippen molar-refractivity contribution in [3.05, 3.63) is 60.2 Å². The summed E-state index contributed by atoms with van der Waals surface area (Å²) in [5.74, 6) is 0. The van der Waals surface area contributed by atoms with Crippen LogP contribution in [0.1, 0.15) is 25.3 Å². The highest BCUT2D eigenvalue weighted by Gasteiger charge is 2.07. The predicted octanol–water partition coefficient (Wildman–Crippen LogP) is 5.39. The molecule has 144 valence electrons. The maximum atomic E-state index is 5.69. The van der Waals surface area contributed by atoms with E-state index in [1.165, 1.54) is 27.1 Å². The predicted molar refractivity (Wildman–Crippen MR) is 113 cm³/mol. The van der Waals surface area contributed by atoms with Gasteiger partial charge in [0.15, 0.2) is 0 Å². The van der Waals surface area contributed by atoms with E-state index < -0.39 is 0 Å². The number of unbranched alkanes of at least 4 members (excludes halogenated alkanes) is 1. The van der Waals surface area contributed by atoms with Crippen LogP contribution in [-0.2, 0) is 20.6 Å². The molecule has 0 aromatic heterocycles. The molecule has 0 spiro atoms. The van der Waals surface area contributed by atoms with Crippen molar-refractivity contribution >= 4 is 21.5 Å². The van der Waals surface area contributed by atoms with Gasteiger partial charge in [0.2, 0.25) is 0 Å². The van der Waals surface area contributed by atoms with Crippen LogP contribution in [0.5, 0.6) is 0 Å². The molecule has 0 unspecified atom stereocenters. The maximum absolute atomic E-state index is 5.69. The van der Waals surface area contributed by atoms with E-state index >= 15 is 0 Å². The first-order valence-corrected chi connectivity index (χ1v) is 10.0. The second-order valence-electron chi connectivity index (χ2n) is 6.68. The van der Waals surface area contributed by atoms with Crippen LogP contribution < -0.4 is 0 Å². The van der Waals surface area contributed by atoms with Gasteiger partial charge >= 0.3 is 0 Å². The van der Waals surface area contributed by atoms with Crippen LogP contribution in [0.25, 0.3) is 21.5 Å². The maximum Gasteiger partial charge on any atom is 0.0701 e. The zero-order chi connectivity index (χ0) is 18.7. The van der Waals surface area contributed by atoms with Crippen LogP contribution >= 0.6 is 0 Å². The van der Waals surface area contributed by atoms with Gasteiger partial charge in [0.1, 0.15) is 0 Å². The molecular weight excluding hydrogens is 336 g/mol. The summed E-state index contributed by atoms with van der Waals surface area (Å²) in [6.45, 7) is 6.12. The molecular formula is C24H30O3. The van der Waals surface area contributed by atoms with Crippen molar-refractivity contribution in [1.29, 1.82) is 0 Å². The van der Waals surface area contributed by atoms with Crippen molar-refractivity contribution in [3.63, 3.8) is 0 Å². The molecule has 0 bridgehead atoms. The Morgan fingerprint density at radius 2 is 1.19 bits per heavy atom. The van der Waals surface area contributed by atoms with E-state index in [9.17, 15) is 0 Å². The van der Waals surface area contributed by atoms with E-state index in [0.29, 0.717) is 26.4 Å². The molecule has 3 aromatic carbocycles. The van der Waals surface area contributed by atoms with Crippen LogP contribution in [0.4, 0.5) is 0 Å². The summed E-state index contributed by atoms with van der Waals surface area (Å²) in [7, 11) is 0. The molecule has 0 saturated heterocycles. The molecule has 0 amide bonds. The molecule has 0 aliphatic heterocycles. The average Bonchev–Trinajstić information content (AvgIpc) is 2.71. The van der Waals surface area contributed by atoms with Gasteiger partial charge in [-0.25, -0.2) is 0 Å². The van der Waals surface area contributed by atoms with Gasteiger partial charge in [-0.1, -0.05) is 48.5 Å². The van der Waals surface area contributed by atoms with E-state index in [1.807, 2.05) is 6.92 Å². The molecule has 0 aliphatic rings. The van der Waals surface area contributed by atoms with Crippen molar-refractivity contribution in [3.8, 4) is 0 Å². The Kier molecular flexibility index (Phi) is 8.09. The summed E-state index contributed by atoms with van der Waals surface area (Å²) >= 11 is 0. The van der Waals surface area contributed by atoms with Gasteiger partial charge in [0.25, 0.3) is 0 Å². The minimum absolute atomic E-state index is 0.640. The second-order valence-corrected chi connectivity index (χ2v) is 6.68. The lowest BCUT2D eigenvalue weighted by molar-refractivity contribution is 0.0163. The third-order valence-electron chi connectivity index (χ3n) is 4.80. The number of rotatable bonds is 12. The summed E-state index contributed by atoms with van der Waals surface area (Å²) in [6, 6.07) is 19.7. The first kappa shape index (κ1) is 19.8. The van der Waals surface area contributed by atoms with Crippen molar-refractivity contribution < 1.29 is 14.2 Å². The lowest BCUT2D eigenvalue weighted by Gasteiger charge is -2.12. The van der Waals surface area contributed by atoms with Crippen molar-refractivity contribution in [2.75, 3.05) is 39.6 Å². The molecule has 0 N–H and O–H groups in total. The van der Waals surface area contributed by atoms with E-state index in [-0.39, 0.29) is 0 Å². The third kappa shape index (κ3) is 5.77. The summed E-state index contributed by atoms with van der Waals surface area (Å²) < 4.78 is 16.4. The van der Waals surface area contributed by atoms with Gasteiger partial charge in [-0.3, -0.25) is 0 Å². The molecule has 3 heteroatoms. The molecule has 0 saturated carbocycles. The average molecular weight is 367 g/mol. The zero-order valence-electron chi connectivity index (χ0n) is 16.3. The van der Waals surface area contributed by atoms with Crippen molar-refractivity contribution in [2.45, 2.75) is 26.2 Å². The van der Waals surface area contributed by atoms with Gasteiger partial charge in [-0.2, -0.15) is 0 Å². The Morgan fingerprint density at radius 1 is 0.630 bits per heavy atom. The standard InChI is InChI=1S/C24H30O3/c1-2-25-15-16-27-18-17-26-14-8-7-13-24-22-11-5-3-9-20(22)19-21-10-4-6-12-23(21)24/h3-6,9-12,19H,2,7-8,13-18H2,1H3. The lowest BCUT2D eigenvalue weighted by atomic mass is 9.93. The van der Waals surface area contributed by atoms with Gasteiger partial charge in [-0.05, 0) is 59.4 Å². The summed E-state index contributed by atoms with van der Waals surface area (Å²) in [5, 5.41) is 5.40. The number of aryl methyl sites for hydroxylation is 1. The smallest absolute Gasteiger partial charge is 0.0701 e. The van der Waals surface area contributed by atoms with Crippen LogP contribution in [0.2, 0.25) is 0 Å². The van der Waals surface area contributed by atoms with Crippen LogP contribution in [0.15, 0.2) is 54.6 Å². The monoisotopic (exact) mass is 366 g/mol. The van der Waals surface area contributed by atoms with Crippen LogP contribution in [-0.4, -0.2) is 39.6 Å². The largest absolute Gasteiger partial charge is 0.379 e. The molecule has 3 rings (SSSR count). The Morgan fingerprint density at radius 3 is 1.81 bits per heavy atom. The molecule has 3 nitrogen and oxygen atoms in total. The van der Waals surface area contributed by atoms with Crippen molar-refractivity contribution in [2.24, 2.45) is 0 Å². The Balaban J connectivity index is 1.46. The minimum atomic E-state index is 0.640. The molecule has 27 heavy (non-hydrogen) atoms. The van der Waals surface area contributed by atoms with Crippen molar-refractivity contribution in [1.82, 2.24) is 0 Å². The number of hydrogen-bond acceptors (Lipinski definition) is 3. The Hall–Kier alpha value is -1.94. The lowest BCUT2D eigenvalue weighted by Crippen LogP contribution is -2.09. The molecule has 3 aromatic rings. The van der Waals surface area contributed by atoms with Gasteiger partial charge < -0.3 is 14.2 Å². The summed E-state index contributed by atoms with van der Waals surface area (Å²) in [5.41, 5.74) is 1.46. The number of benzene rings is 3. The normalized spacial score (nSPS) is 11.4. The first-order valence-electron chi connectivity index (χ1n) is 10.0. The van der Waals surface area contributed by atoms with Gasteiger partial charge in [0, 0.05) is 13.2 Å². The van der Waals surface area contributed by atoms with Gasteiger partial charge in [0.05, 0.1) is 26.4 Å². The number of ether oxygens (including phenoxy) is 3. The molecule has 0 fully saturated rings. The topological polar surface area (TPSA) is 27.7 Å². The minimum Gasteiger partial charge on any atom is -0.379 e. The van der Waals surface area contributed by atoms with Gasteiger partial charge in [-0.15, -0.1) is 0 Å². The van der Waals surface area contributed by atoms with E-state index in [2.05, 4.69) is 54.6 Å². The molecule has 0 radical (unpaired) electrons. The first-order chi connectivity index (χ1) is 13.4. The Bertz CT molecular complexity index is 774. The Labute approximate surface area is 162 Å². The van der Waals surface area contributed by atoms with E-state index in [4.69, 9.17) is 14.2 Å². The van der Waals surface area contributed by atoms with E-state index in [1.54, 1.807) is 0 Å². The molecule has 0 heterocycles.